The van der Waals surface area contributed by atoms with Gasteiger partial charge >= 0.3 is 5.97 Å². The summed E-state index contributed by atoms with van der Waals surface area (Å²) in [7, 11) is 3.14. The number of imide groups is 1. The van der Waals surface area contributed by atoms with E-state index in [1.807, 2.05) is 24.3 Å². The molecule has 0 aliphatic carbocycles. The fourth-order valence-electron chi connectivity index (χ4n) is 5.34. The first-order chi connectivity index (χ1) is 18.3. The van der Waals surface area contributed by atoms with Crippen LogP contribution < -0.4 is 14.2 Å². The lowest BCUT2D eigenvalue weighted by Crippen LogP contribution is -2.45. The van der Waals surface area contributed by atoms with Crippen molar-refractivity contribution in [3.8, 4) is 17.2 Å². The number of aromatic amines is 1. The van der Waals surface area contributed by atoms with Gasteiger partial charge in [0.2, 0.25) is 11.8 Å². The first kappa shape index (κ1) is 25.6. The third kappa shape index (κ3) is 4.91. The maximum atomic E-state index is 13.3. The van der Waals surface area contributed by atoms with Crippen LogP contribution in [-0.4, -0.2) is 78.1 Å². The van der Waals surface area contributed by atoms with E-state index >= 15 is 0 Å². The lowest BCUT2D eigenvalue weighted by molar-refractivity contribution is -0.143. The lowest BCUT2D eigenvalue weighted by atomic mass is 9.77. The van der Waals surface area contributed by atoms with Gasteiger partial charge in [0, 0.05) is 24.4 Å². The second-order valence-electron chi connectivity index (χ2n) is 9.86. The number of likely N-dealkylation sites (tertiary alicyclic amines) is 2. The number of fused-ring (bicyclic) bond motifs is 1. The van der Waals surface area contributed by atoms with Crippen molar-refractivity contribution in [2.24, 2.45) is 5.41 Å². The van der Waals surface area contributed by atoms with Gasteiger partial charge in [-0.2, -0.15) is 0 Å². The number of ether oxygens (including phenoxy) is 3. The van der Waals surface area contributed by atoms with E-state index in [0.717, 1.165) is 16.7 Å². The summed E-state index contributed by atoms with van der Waals surface area (Å²) in [5.41, 5.74) is 1.03. The first-order valence-corrected chi connectivity index (χ1v) is 12.6. The number of carboxylic acids is 1. The Morgan fingerprint density at radius 3 is 2.42 bits per heavy atom. The zero-order valence-electron chi connectivity index (χ0n) is 21.5. The predicted octanol–water partition coefficient (Wildman–Crippen LogP) is 3.30. The molecule has 10 nitrogen and oxygen atoms in total. The number of amides is 2. The van der Waals surface area contributed by atoms with Crippen LogP contribution in [0.5, 0.6) is 17.2 Å². The number of hydrogen-bond donors (Lipinski definition) is 2. The monoisotopic (exact) mass is 521 g/mol. The topological polar surface area (TPSA) is 121 Å². The Hall–Kier alpha value is -4.05. The molecule has 5 rings (SSSR count). The molecular weight excluding hydrogens is 490 g/mol. The number of methoxy groups -OCH3 is 2. The Morgan fingerprint density at radius 2 is 1.76 bits per heavy atom. The third-order valence-corrected chi connectivity index (χ3v) is 7.60. The van der Waals surface area contributed by atoms with E-state index in [4.69, 9.17) is 14.2 Å². The first-order valence-electron chi connectivity index (χ1n) is 12.6. The number of piperidine rings is 1. The van der Waals surface area contributed by atoms with Crippen molar-refractivity contribution < 1.29 is 33.7 Å². The van der Waals surface area contributed by atoms with Crippen LogP contribution in [0.3, 0.4) is 0 Å². The number of nitrogens with zero attached hydrogens (tertiary/aromatic N) is 2. The van der Waals surface area contributed by atoms with E-state index in [9.17, 15) is 19.5 Å². The van der Waals surface area contributed by atoms with Crippen molar-refractivity contribution >= 4 is 28.7 Å². The molecule has 38 heavy (non-hydrogen) atoms. The summed E-state index contributed by atoms with van der Waals surface area (Å²) >= 11 is 0. The highest BCUT2D eigenvalue weighted by molar-refractivity contribution is 6.06. The van der Waals surface area contributed by atoms with Gasteiger partial charge in [0.15, 0.2) is 11.5 Å². The van der Waals surface area contributed by atoms with Gasteiger partial charge in [-0.15, -0.1) is 0 Å². The molecule has 2 saturated heterocycles. The molecule has 3 aromatic rings. The molecule has 1 aromatic heterocycles. The fraction of sp³-hybridized carbons (Fsp3) is 0.393. The van der Waals surface area contributed by atoms with Gasteiger partial charge in [0.25, 0.3) is 0 Å². The maximum Gasteiger partial charge on any atom is 0.352 e. The molecule has 200 valence electrons. The number of nitrogens with one attached hydrogen (secondary N) is 1. The quantitative estimate of drug-likeness (QED) is 0.412. The van der Waals surface area contributed by atoms with Crippen molar-refractivity contribution in [2.45, 2.75) is 25.8 Å². The van der Waals surface area contributed by atoms with Crippen LogP contribution in [0.25, 0.3) is 10.9 Å². The van der Waals surface area contributed by atoms with Gasteiger partial charge < -0.3 is 24.3 Å². The van der Waals surface area contributed by atoms with Crippen molar-refractivity contribution in [2.75, 3.05) is 40.5 Å². The normalized spacial score (nSPS) is 17.4. The largest absolute Gasteiger partial charge is 0.497 e. The molecule has 2 aromatic carbocycles. The summed E-state index contributed by atoms with van der Waals surface area (Å²) in [5, 5.41) is 9.95. The van der Waals surface area contributed by atoms with Crippen LogP contribution in [0.15, 0.2) is 42.5 Å². The van der Waals surface area contributed by atoms with Crippen LogP contribution in [-0.2, 0) is 16.1 Å². The highest BCUT2D eigenvalue weighted by Crippen LogP contribution is 2.42. The summed E-state index contributed by atoms with van der Waals surface area (Å²) in [6.07, 6.45) is 1.53. The number of aromatic carboxylic acids is 1. The van der Waals surface area contributed by atoms with Crippen molar-refractivity contribution in [3.63, 3.8) is 0 Å². The van der Waals surface area contributed by atoms with Crippen LogP contribution in [0.1, 0.15) is 35.3 Å². The second-order valence-corrected chi connectivity index (χ2v) is 9.86. The van der Waals surface area contributed by atoms with Crippen molar-refractivity contribution in [1.82, 2.24) is 14.8 Å². The fourth-order valence-corrected chi connectivity index (χ4v) is 5.34. The molecular formula is C28H31N3O7. The molecule has 2 N–H and O–H groups in total. The summed E-state index contributed by atoms with van der Waals surface area (Å²) < 4.78 is 16.6. The zero-order chi connectivity index (χ0) is 26.9. The predicted molar refractivity (Wildman–Crippen MR) is 139 cm³/mol. The zero-order valence-corrected chi connectivity index (χ0v) is 21.5. The average molecular weight is 522 g/mol. The van der Waals surface area contributed by atoms with Crippen LogP contribution in [0.4, 0.5) is 0 Å². The van der Waals surface area contributed by atoms with E-state index in [1.54, 1.807) is 25.3 Å². The second kappa shape index (κ2) is 10.4. The van der Waals surface area contributed by atoms with Crippen LogP contribution in [0.2, 0.25) is 0 Å². The van der Waals surface area contributed by atoms with Crippen molar-refractivity contribution in [1.29, 1.82) is 0 Å². The molecule has 2 aliphatic rings. The molecule has 2 amide bonds. The number of carbonyl (C=O) groups excluding carboxylic acids is 2. The van der Waals surface area contributed by atoms with Gasteiger partial charge in [0.1, 0.15) is 18.1 Å². The number of aromatic nitrogens is 1. The molecule has 0 bridgehead atoms. The minimum atomic E-state index is -1.03. The van der Waals surface area contributed by atoms with E-state index < -0.39 is 11.4 Å². The highest BCUT2D eigenvalue weighted by Gasteiger charge is 2.52. The number of carbonyl (C=O) groups is 3. The molecule has 0 unspecified atom stereocenters. The Balaban J connectivity index is 1.16. The molecule has 10 heteroatoms. The summed E-state index contributed by atoms with van der Waals surface area (Å²) in [4.78, 5) is 43.9. The Morgan fingerprint density at radius 1 is 1.03 bits per heavy atom. The standard InChI is InChI=1S/C28H31N3O7/c1-36-20-5-3-18(4-6-20)17-31-25(32)16-28(27(31)35)7-9-30(10-8-28)11-12-38-24-14-19-13-22(26(33)34)29-21(19)15-23(24)37-2/h3-6,13-15,29H,7-12,16-17H2,1-2H3,(H,33,34). The van der Waals surface area contributed by atoms with Gasteiger partial charge in [0.05, 0.1) is 31.7 Å². The number of H-pyrrole nitrogens is 1. The maximum absolute atomic E-state index is 13.3. The number of benzene rings is 2. The van der Waals surface area contributed by atoms with Gasteiger partial charge in [-0.3, -0.25) is 19.4 Å². The SMILES string of the molecule is COc1ccc(CN2C(=O)CC3(CCN(CCOc4cc5cc(C(=O)O)[nH]c5cc4OC)CC3)C2=O)cc1. The van der Waals surface area contributed by atoms with Crippen LogP contribution in [0, 0.1) is 5.41 Å². The summed E-state index contributed by atoms with van der Waals surface area (Å²) in [6, 6.07) is 12.5. The highest BCUT2D eigenvalue weighted by atomic mass is 16.5. The molecule has 2 fully saturated rings. The minimum absolute atomic E-state index is 0.0699. The Kier molecular flexibility index (Phi) is 6.98. The van der Waals surface area contributed by atoms with Gasteiger partial charge in [-0.25, -0.2) is 4.79 Å². The molecule has 3 heterocycles. The lowest BCUT2D eigenvalue weighted by Gasteiger charge is -2.37. The number of rotatable bonds is 9. The summed E-state index contributed by atoms with van der Waals surface area (Å²) in [6.45, 7) is 2.75. The Labute approximate surface area is 220 Å². The van der Waals surface area contributed by atoms with Gasteiger partial charge in [-0.1, -0.05) is 12.1 Å². The van der Waals surface area contributed by atoms with E-state index in [1.165, 1.54) is 12.0 Å². The minimum Gasteiger partial charge on any atom is -0.497 e. The molecule has 2 aliphatic heterocycles. The molecule has 0 atom stereocenters. The number of hydrogen-bond acceptors (Lipinski definition) is 7. The van der Waals surface area contributed by atoms with E-state index in [2.05, 4.69) is 9.88 Å². The molecule has 0 saturated carbocycles. The summed E-state index contributed by atoms with van der Waals surface area (Å²) in [5.74, 6) is 0.574. The molecule has 1 spiro atoms. The van der Waals surface area contributed by atoms with Gasteiger partial charge in [-0.05, 0) is 55.8 Å². The molecule has 0 radical (unpaired) electrons. The number of carboxylic acid groups (broad SMARTS) is 1. The smallest absolute Gasteiger partial charge is 0.352 e. The van der Waals surface area contributed by atoms with Crippen LogP contribution >= 0.6 is 0 Å². The third-order valence-electron chi connectivity index (χ3n) is 7.60. The van der Waals surface area contributed by atoms with E-state index in [0.29, 0.717) is 56.1 Å². The van der Waals surface area contributed by atoms with Crippen molar-refractivity contribution in [3.05, 3.63) is 53.7 Å². The average Bonchev–Trinajstić information content (AvgIpc) is 3.44. The van der Waals surface area contributed by atoms with E-state index in [-0.39, 0.29) is 30.5 Å². The Bertz CT molecular complexity index is 1360.